The second kappa shape index (κ2) is 7.81. The third-order valence-electron chi connectivity index (χ3n) is 3.34. The molecule has 0 unspecified atom stereocenters. The molecule has 1 atom stereocenters. The molecular weight excluding hydrogens is 262 g/mol. The molecule has 0 saturated carbocycles. The standard InChI is InChI=1S/C18H23NO2/c1-19(2)13-14-21-18(15-7-5-4-6-8-15)16-9-11-17(20-3)12-10-16/h4-12,18H,13-14H2,1-3H3/t18-/m0/s1. The Hall–Kier alpha value is -1.84. The normalized spacial score (nSPS) is 12.4. The molecule has 0 bridgehead atoms. The van der Waals surface area contributed by atoms with Crippen LogP contribution in [0.5, 0.6) is 5.75 Å². The van der Waals surface area contributed by atoms with E-state index in [4.69, 9.17) is 9.47 Å². The summed E-state index contributed by atoms with van der Waals surface area (Å²) < 4.78 is 11.3. The number of nitrogens with zero attached hydrogens (tertiary/aromatic N) is 1. The van der Waals surface area contributed by atoms with Crippen molar-refractivity contribution in [2.24, 2.45) is 0 Å². The van der Waals surface area contributed by atoms with Crippen molar-refractivity contribution in [3.63, 3.8) is 0 Å². The van der Waals surface area contributed by atoms with E-state index in [9.17, 15) is 0 Å². The maximum atomic E-state index is 6.12. The van der Waals surface area contributed by atoms with Crippen LogP contribution in [0, 0.1) is 0 Å². The predicted molar refractivity (Wildman–Crippen MR) is 85.8 cm³/mol. The highest BCUT2D eigenvalue weighted by atomic mass is 16.5. The van der Waals surface area contributed by atoms with Gasteiger partial charge in [-0.2, -0.15) is 0 Å². The second-order valence-electron chi connectivity index (χ2n) is 5.24. The van der Waals surface area contributed by atoms with Crippen LogP contribution in [-0.4, -0.2) is 39.3 Å². The highest BCUT2D eigenvalue weighted by molar-refractivity contribution is 5.34. The third kappa shape index (κ3) is 4.59. The SMILES string of the molecule is COc1ccc([C@@H](OCCN(C)C)c2ccccc2)cc1. The molecule has 0 aliphatic rings. The van der Waals surface area contributed by atoms with Gasteiger partial charge in [0, 0.05) is 6.54 Å². The van der Waals surface area contributed by atoms with Gasteiger partial charge in [-0.15, -0.1) is 0 Å². The summed E-state index contributed by atoms with van der Waals surface area (Å²) in [4.78, 5) is 2.12. The van der Waals surface area contributed by atoms with Crippen molar-refractivity contribution in [2.45, 2.75) is 6.10 Å². The Balaban J connectivity index is 2.18. The number of rotatable bonds is 7. The minimum absolute atomic E-state index is 0.0444. The highest BCUT2D eigenvalue weighted by Crippen LogP contribution is 2.27. The van der Waals surface area contributed by atoms with Gasteiger partial charge in [0.15, 0.2) is 0 Å². The summed E-state index contributed by atoms with van der Waals surface area (Å²) in [5, 5.41) is 0. The fourth-order valence-electron chi connectivity index (χ4n) is 2.14. The highest BCUT2D eigenvalue weighted by Gasteiger charge is 2.14. The molecule has 21 heavy (non-hydrogen) atoms. The van der Waals surface area contributed by atoms with Crippen molar-refractivity contribution in [1.82, 2.24) is 4.90 Å². The Morgan fingerprint density at radius 2 is 1.52 bits per heavy atom. The first-order chi connectivity index (χ1) is 10.2. The fourth-order valence-corrected chi connectivity index (χ4v) is 2.14. The van der Waals surface area contributed by atoms with E-state index in [1.54, 1.807) is 7.11 Å². The first-order valence-electron chi connectivity index (χ1n) is 7.16. The molecule has 112 valence electrons. The lowest BCUT2D eigenvalue weighted by molar-refractivity contribution is 0.0687. The molecule has 0 fully saturated rings. The molecule has 0 aliphatic carbocycles. The van der Waals surface area contributed by atoms with Gasteiger partial charge in [0.25, 0.3) is 0 Å². The van der Waals surface area contributed by atoms with Gasteiger partial charge < -0.3 is 14.4 Å². The van der Waals surface area contributed by atoms with Crippen molar-refractivity contribution >= 4 is 0 Å². The van der Waals surface area contributed by atoms with E-state index in [0.29, 0.717) is 6.61 Å². The van der Waals surface area contributed by atoms with Gasteiger partial charge in [0.05, 0.1) is 13.7 Å². The van der Waals surface area contributed by atoms with Crippen molar-refractivity contribution in [1.29, 1.82) is 0 Å². The van der Waals surface area contributed by atoms with Crippen LogP contribution in [0.3, 0.4) is 0 Å². The predicted octanol–water partition coefficient (Wildman–Crippen LogP) is 3.36. The molecule has 3 nitrogen and oxygen atoms in total. The van der Waals surface area contributed by atoms with Crippen LogP contribution in [-0.2, 0) is 4.74 Å². The van der Waals surface area contributed by atoms with E-state index in [2.05, 4.69) is 29.2 Å². The molecule has 0 spiro atoms. The molecule has 0 aromatic heterocycles. The number of hydrogen-bond acceptors (Lipinski definition) is 3. The van der Waals surface area contributed by atoms with Crippen molar-refractivity contribution in [3.8, 4) is 5.75 Å². The van der Waals surface area contributed by atoms with Crippen LogP contribution in [0.4, 0.5) is 0 Å². The minimum atomic E-state index is -0.0444. The summed E-state index contributed by atoms with van der Waals surface area (Å²) in [5.74, 6) is 0.860. The number of methoxy groups -OCH3 is 1. The summed E-state index contributed by atoms with van der Waals surface area (Å²) >= 11 is 0. The van der Waals surface area contributed by atoms with Gasteiger partial charge in [-0.1, -0.05) is 42.5 Å². The summed E-state index contributed by atoms with van der Waals surface area (Å²) in [6.45, 7) is 1.60. The number of hydrogen-bond donors (Lipinski definition) is 0. The van der Waals surface area contributed by atoms with Crippen molar-refractivity contribution in [2.75, 3.05) is 34.4 Å². The minimum Gasteiger partial charge on any atom is -0.497 e. The van der Waals surface area contributed by atoms with E-state index in [0.717, 1.165) is 17.9 Å². The molecule has 2 aromatic carbocycles. The summed E-state index contributed by atoms with van der Waals surface area (Å²) in [6, 6.07) is 18.4. The largest absolute Gasteiger partial charge is 0.497 e. The monoisotopic (exact) mass is 285 g/mol. The van der Waals surface area contributed by atoms with Gasteiger partial charge in [-0.05, 0) is 37.4 Å². The van der Waals surface area contributed by atoms with Crippen molar-refractivity contribution < 1.29 is 9.47 Å². The fraction of sp³-hybridized carbons (Fsp3) is 0.333. The maximum Gasteiger partial charge on any atom is 0.118 e. The Kier molecular flexibility index (Phi) is 5.78. The lowest BCUT2D eigenvalue weighted by atomic mass is 10.0. The number of benzene rings is 2. The van der Waals surface area contributed by atoms with Crippen molar-refractivity contribution in [3.05, 3.63) is 65.7 Å². The van der Waals surface area contributed by atoms with Crippen LogP contribution in [0.15, 0.2) is 54.6 Å². The van der Waals surface area contributed by atoms with Crippen LogP contribution in [0.2, 0.25) is 0 Å². The van der Waals surface area contributed by atoms with Crippen LogP contribution < -0.4 is 4.74 Å². The average molecular weight is 285 g/mol. The second-order valence-corrected chi connectivity index (χ2v) is 5.24. The zero-order valence-electron chi connectivity index (χ0n) is 13.0. The third-order valence-corrected chi connectivity index (χ3v) is 3.34. The molecule has 2 aromatic rings. The number of ether oxygens (including phenoxy) is 2. The Morgan fingerprint density at radius 3 is 2.10 bits per heavy atom. The maximum absolute atomic E-state index is 6.12. The topological polar surface area (TPSA) is 21.7 Å². The van der Waals surface area contributed by atoms with Crippen LogP contribution >= 0.6 is 0 Å². The van der Waals surface area contributed by atoms with E-state index >= 15 is 0 Å². The van der Waals surface area contributed by atoms with Crippen LogP contribution in [0.25, 0.3) is 0 Å². The average Bonchev–Trinajstić information content (AvgIpc) is 2.52. The van der Waals surface area contributed by atoms with E-state index in [1.165, 1.54) is 5.56 Å². The van der Waals surface area contributed by atoms with Gasteiger partial charge in [0.2, 0.25) is 0 Å². The molecule has 0 N–H and O–H groups in total. The summed E-state index contributed by atoms with van der Waals surface area (Å²) in [7, 11) is 5.78. The van der Waals surface area contributed by atoms with E-state index < -0.39 is 0 Å². The van der Waals surface area contributed by atoms with Crippen LogP contribution in [0.1, 0.15) is 17.2 Å². The zero-order chi connectivity index (χ0) is 15.1. The molecular formula is C18H23NO2. The van der Waals surface area contributed by atoms with Gasteiger partial charge in [-0.3, -0.25) is 0 Å². The Labute approximate surface area is 127 Å². The Morgan fingerprint density at radius 1 is 0.905 bits per heavy atom. The summed E-state index contributed by atoms with van der Waals surface area (Å²) in [5.41, 5.74) is 2.31. The quantitative estimate of drug-likeness (QED) is 0.778. The van der Waals surface area contributed by atoms with E-state index in [1.807, 2.05) is 44.4 Å². The molecule has 0 saturated heterocycles. The van der Waals surface area contributed by atoms with Gasteiger partial charge in [-0.25, -0.2) is 0 Å². The van der Waals surface area contributed by atoms with E-state index in [-0.39, 0.29) is 6.10 Å². The van der Waals surface area contributed by atoms with Gasteiger partial charge in [0.1, 0.15) is 11.9 Å². The smallest absolute Gasteiger partial charge is 0.118 e. The Bertz CT molecular complexity index is 523. The molecule has 0 heterocycles. The molecule has 0 amide bonds. The lowest BCUT2D eigenvalue weighted by Crippen LogP contribution is -2.20. The zero-order valence-corrected chi connectivity index (χ0v) is 13.0. The molecule has 2 rings (SSSR count). The molecule has 0 aliphatic heterocycles. The first kappa shape index (κ1) is 15.5. The molecule has 0 radical (unpaired) electrons. The number of likely N-dealkylation sites (N-methyl/N-ethyl adjacent to an activating group) is 1. The lowest BCUT2D eigenvalue weighted by Gasteiger charge is -2.20. The molecule has 3 heteroatoms. The summed E-state index contributed by atoms with van der Waals surface area (Å²) in [6.07, 6.45) is -0.0444. The van der Waals surface area contributed by atoms with Gasteiger partial charge >= 0.3 is 0 Å². The first-order valence-corrected chi connectivity index (χ1v) is 7.16.